The number of aryl methyl sites for hydroxylation is 1. The number of nitrogens with zero attached hydrogens (tertiary/aromatic N) is 1. The van der Waals surface area contributed by atoms with E-state index in [1.807, 2.05) is 0 Å². The fourth-order valence-corrected chi connectivity index (χ4v) is 6.33. The maximum atomic E-state index is 9.26. The molecule has 2 N–H and O–H groups in total. The van der Waals surface area contributed by atoms with Gasteiger partial charge in [0.1, 0.15) is 5.75 Å². The maximum absolute atomic E-state index is 9.26. The van der Waals surface area contributed by atoms with E-state index in [9.17, 15) is 5.11 Å². The second kappa shape index (κ2) is 11.4. The minimum absolute atomic E-state index is 0.223. The molecule has 3 aliphatic rings. The summed E-state index contributed by atoms with van der Waals surface area (Å²) in [6, 6.07) is 29.4. The quantitative estimate of drug-likeness (QED) is 0.438. The van der Waals surface area contributed by atoms with E-state index in [-0.39, 0.29) is 6.61 Å². The zero-order valence-electron chi connectivity index (χ0n) is 20.8. The summed E-state index contributed by atoms with van der Waals surface area (Å²) < 4.78 is 5.72. The lowest BCUT2D eigenvalue weighted by atomic mass is 9.70. The Bertz CT molecular complexity index is 1020. The highest BCUT2D eigenvalue weighted by atomic mass is 16.5. The van der Waals surface area contributed by atoms with Crippen molar-refractivity contribution < 1.29 is 9.84 Å². The van der Waals surface area contributed by atoms with Crippen molar-refractivity contribution in [2.45, 2.75) is 50.2 Å². The molecule has 2 atom stereocenters. The average molecular weight is 471 g/mol. The van der Waals surface area contributed by atoms with Crippen LogP contribution in [0.3, 0.4) is 0 Å². The summed E-state index contributed by atoms with van der Waals surface area (Å²) >= 11 is 0. The number of hydrogen-bond acceptors (Lipinski definition) is 4. The third-order valence-electron chi connectivity index (χ3n) is 8.03. The molecule has 0 amide bonds. The Kier molecular flexibility index (Phi) is 7.82. The van der Waals surface area contributed by atoms with Crippen molar-refractivity contribution in [3.05, 3.63) is 101 Å². The first-order chi connectivity index (χ1) is 17.3. The highest BCUT2D eigenvalue weighted by molar-refractivity contribution is 5.38. The number of rotatable bonds is 10. The van der Waals surface area contributed by atoms with Gasteiger partial charge in [-0.1, -0.05) is 72.8 Å². The van der Waals surface area contributed by atoms with Gasteiger partial charge in [0.2, 0.25) is 0 Å². The van der Waals surface area contributed by atoms with Crippen LogP contribution in [0.15, 0.2) is 78.9 Å². The first-order valence-corrected chi connectivity index (χ1v) is 13.1. The van der Waals surface area contributed by atoms with Gasteiger partial charge < -0.3 is 15.2 Å². The molecular formula is C31H38N2O2. The number of nitrogens with one attached hydrogen (secondary N) is 1. The largest absolute Gasteiger partial charge is 0.496 e. The van der Waals surface area contributed by atoms with Crippen LogP contribution in [-0.2, 0) is 13.0 Å². The molecule has 4 nitrogen and oxygen atoms in total. The number of hydrogen-bond donors (Lipinski definition) is 2. The van der Waals surface area contributed by atoms with Gasteiger partial charge in [0.25, 0.3) is 0 Å². The Morgan fingerprint density at radius 1 is 0.943 bits per heavy atom. The minimum atomic E-state index is 0.223. The van der Waals surface area contributed by atoms with E-state index >= 15 is 0 Å². The minimum Gasteiger partial charge on any atom is -0.496 e. The maximum Gasteiger partial charge on any atom is 0.123 e. The standard InChI is InChI=1S/C31H38N2O2/c1-35-28-15-14-23(9-8-20-34)21-27(28)22-32-30-26-16-18-33(19-17-26)31(30)29(24-10-4-2-5-11-24)25-12-6-3-7-13-25/h2-7,10-15,21,26,29-32,34H,8-9,16-20,22H2,1H3/t30-,31-/m0/s1. The fourth-order valence-electron chi connectivity index (χ4n) is 6.33. The van der Waals surface area contributed by atoms with Gasteiger partial charge in [0.15, 0.2) is 0 Å². The van der Waals surface area contributed by atoms with Crippen molar-refractivity contribution in [2.75, 3.05) is 26.8 Å². The molecule has 3 aromatic rings. The molecule has 0 spiro atoms. The van der Waals surface area contributed by atoms with Gasteiger partial charge >= 0.3 is 0 Å². The van der Waals surface area contributed by atoms with Crippen LogP contribution in [0.4, 0.5) is 0 Å². The molecule has 3 fully saturated rings. The Balaban J connectivity index is 1.45. The van der Waals surface area contributed by atoms with Gasteiger partial charge in [-0.15, -0.1) is 0 Å². The van der Waals surface area contributed by atoms with E-state index in [2.05, 4.69) is 89.1 Å². The van der Waals surface area contributed by atoms with Gasteiger partial charge in [-0.2, -0.15) is 0 Å². The number of aliphatic hydroxyl groups is 1. The topological polar surface area (TPSA) is 44.7 Å². The molecule has 0 saturated carbocycles. The molecule has 3 saturated heterocycles. The third kappa shape index (κ3) is 5.30. The normalized spacial score (nSPS) is 23.5. The summed E-state index contributed by atoms with van der Waals surface area (Å²) in [4.78, 5) is 2.73. The summed E-state index contributed by atoms with van der Waals surface area (Å²) in [5.41, 5.74) is 5.25. The SMILES string of the molecule is COc1ccc(CCCO)cc1CN[C@H]1C2CCN(CC2)[C@H]1C(c1ccccc1)c1ccccc1. The monoisotopic (exact) mass is 470 g/mol. The van der Waals surface area contributed by atoms with E-state index in [1.165, 1.54) is 48.2 Å². The summed E-state index contributed by atoms with van der Waals surface area (Å²) in [5.74, 6) is 1.95. The second-order valence-corrected chi connectivity index (χ2v) is 10.0. The van der Waals surface area contributed by atoms with Crippen molar-refractivity contribution in [2.24, 2.45) is 5.92 Å². The number of methoxy groups -OCH3 is 1. The molecule has 0 radical (unpaired) electrons. The van der Waals surface area contributed by atoms with Gasteiger partial charge in [-0.3, -0.25) is 4.90 Å². The molecule has 4 heteroatoms. The molecule has 0 aliphatic carbocycles. The Labute approximate surface area is 209 Å². The number of piperidine rings is 3. The van der Waals surface area contributed by atoms with Gasteiger partial charge in [-0.05, 0) is 67.4 Å². The zero-order valence-corrected chi connectivity index (χ0v) is 20.8. The second-order valence-electron chi connectivity index (χ2n) is 10.0. The summed E-state index contributed by atoms with van der Waals surface area (Å²) in [6.07, 6.45) is 4.20. The number of fused-ring (bicyclic) bond motifs is 3. The van der Waals surface area contributed by atoms with Gasteiger partial charge in [0, 0.05) is 36.7 Å². The predicted octanol–water partition coefficient (Wildman–Crippen LogP) is 5.00. The van der Waals surface area contributed by atoms with Crippen molar-refractivity contribution >= 4 is 0 Å². The lowest BCUT2D eigenvalue weighted by Crippen LogP contribution is -2.64. The summed E-state index contributed by atoms with van der Waals surface area (Å²) in [6.45, 7) is 3.38. The summed E-state index contributed by atoms with van der Waals surface area (Å²) in [5, 5.41) is 13.3. The number of aliphatic hydroxyl groups excluding tert-OH is 1. The molecule has 3 aliphatic heterocycles. The molecular weight excluding hydrogens is 432 g/mol. The molecule has 2 bridgehead atoms. The van der Waals surface area contributed by atoms with Crippen molar-refractivity contribution in [1.82, 2.24) is 10.2 Å². The Hall–Kier alpha value is -2.66. The van der Waals surface area contributed by atoms with Gasteiger partial charge in [0.05, 0.1) is 7.11 Å². The predicted molar refractivity (Wildman–Crippen MR) is 142 cm³/mol. The molecule has 35 heavy (non-hydrogen) atoms. The molecule has 3 aromatic carbocycles. The smallest absolute Gasteiger partial charge is 0.123 e. The van der Waals surface area contributed by atoms with Crippen molar-refractivity contribution in [1.29, 1.82) is 0 Å². The number of benzene rings is 3. The first-order valence-electron chi connectivity index (χ1n) is 13.1. The van der Waals surface area contributed by atoms with E-state index in [4.69, 9.17) is 4.74 Å². The number of ether oxygens (including phenoxy) is 1. The molecule has 6 rings (SSSR count). The van der Waals surface area contributed by atoms with E-state index in [1.54, 1.807) is 7.11 Å². The van der Waals surface area contributed by atoms with E-state index in [0.29, 0.717) is 23.9 Å². The fraction of sp³-hybridized carbons (Fsp3) is 0.419. The summed E-state index contributed by atoms with van der Waals surface area (Å²) in [7, 11) is 1.75. The van der Waals surface area contributed by atoms with Crippen LogP contribution in [0.2, 0.25) is 0 Å². The van der Waals surface area contributed by atoms with Crippen LogP contribution in [0, 0.1) is 5.92 Å². The first kappa shape index (κ1) is 24.1. The average Bonchev–Trinajstić information content (AvgIpc) is 2.93. The van der Waals surface area contributed by atoms with E-state index < -0.39 is 0 Å². The van der Waals surface area contributed by atoms with Crippen LogP contribution >= 0.6 is 0 Å². The highest BCUT2D eigenvalue weighted by Gasteiger charge is 2.46. The van der Waals surface area contributed by atoms with Crippen molar-refractivity contribution in [3.63, 3.8) is 0 Å². The molecule has 184 valence electrons. The Morgan fingerprint density at radius 3 is 2.20 bits per heavy atom. The van der Waals surface area contributed by atoms with E-state index in [0.717, 1.165) is 25.1 Å². The van der Waals surface area contributed by atoms with Crippen LogP contribution < -0.4 is 10.1 Å². The van der Waals surface area contributed by atoms with Crippen LogP contribution in [0.1, 0.15) is 47.4 Å². The Morgan fingerprint density at radius 2 is 1.60 bits per heavy atom. The van der Waals surface area contributed by atoms with Gasteiger partial charge in [-0.25, -0.2) is 0 Å². The molecule has 0 aromatic heterocycles. The van der Waals surface area contributed by atoms with Crippen LogP contribution in [-0.4, -0.2) is 48.9 Å². The lowest BCUT2D eigenvalue weighted by molar-refractivity contribution is 0.00462. The van der Waals surface area contributed by atoms with Crippen LogP contribution in [0.25, 0.3) is 0 Å². The zero-order chi connectivity index (χ0) is 24.0. The van der Waals surface area contributed by atoms with Crippen molar-refractivity contribution in [3.8, 4) is 5.75 Å². The molecule has 0 unspecified atom stereocenters. The molecule has 3 heterocycles. The highest BCUT2D eigenvalue weighted by Crippen LogP contribution is 2.42. The third-order valence-corrected chi connectivity index (χ3v) is 8.03. The van der Waals surface area contributed by atoms with Crippen LogP contribution in [0.5, 0.6) is 5.75 Å². The lowest BCUT2D eigenvalue weighted by Gasteiger charge is -2.54.